The van der Waals surface area contributed by atoms with Crippen LogP contribution in [0.15, 0.2) is 36.4 Å². The molecule has 2 aromatic carbocycles. The number of fused-ring (bicyclic) bond motifs is 1. The number of hydrogen-bond donors (Lipinski definition) is 1. The van der Waals surface area contributed by atoms with E-state index in [1.54, 1.807) is 24.3 Å². The van der Waals surface area contributed by atoms with Crippen molar-refractivity contribution in [1.29, 1.82) is 0 Å². The minimum atomic E-state index is -0.948. The zero-order valence-electron chi connectivity index (χ0n) is 14.4. The van der Waals surface area contributed by atoms with Gasteiger partial charge < -0.3 is 10.1 Å². The summed E-state index contributed by atoms with van der Waals surface area (Å²) in [5.74, 6) is -0.959. The van der Waals surface area contributed by atoms with Gasteiger partial charge >= 0.3 is 5.97 Å². The minimum Gasteiger partial charge on any atom is -0.449 e. The van der Waals surface area contributed by atoms with Crippen molar-refractivity contribution >= 4 is 40.8 Å². The molecule has 0 radical (unpaired) electrons. The highest BCUT2D eigenvalue weighted by Crippen LogP contribution is 2.24. The molecule has 1 N–H and O–H groups in total. The third kappa shape index (κ3) is 4.57. The SMILES string of the molecule is C[C@H](OC(=O)c1ccc2c(c1)CCCC2)C(=O)Nc1cc(Cl)cc(Cl)c1. The molecule has 0 saturated carbocycles. The lowest BCUT2D eigenvalue weighted by Gasteiger charge is -2.17. The third-order valence-corrected chi connectivity index (χ3v) is 4.80. The van der Waals surface area contributed by atoms with Gasteiger partial charge in [-0.15, -0.1) is 0 Å². The zero-order valence-corrected chi connectivity index (χ0v) is 15.9. The molecule has 1 aliphatic rings. The van der Waals surface area contributed by atoms with Crippen LogP contribution in [0.2, 0.25) is 10.0 Å². The van der Waals surface area contributed by atoms with Crippen LogP contribution in [0, 0.1) is 0 Å². The van der Waals surface area contributed by atoms with Gasteiger partial charge in [-0.3, -0.25) is 4.79 Å². The number of carbonyl (C=O) groups is 2. The molecule has 0 heterocycles. The molecule has 2 aromatic rings. The summed E-state index contributed by atoms with van der Waals surface area (Å²) < 4.78 is 5.30. The van der Waals surface area contributed by atoms with Crippen molar-refractivity contribution in [1.82, 2.24) is 0 Å². The average Bonchev–Trinajstić information content (AvgIpc) is 2.60. The summed E-state index contributed by atoms with van der Waals surface area (Å²) in [5, 5.41) is 3.46. The molecule has 1 atom stereocenters. The lowest BCUT2D eigenvalue weighted by atomic mass is 9.90. The molecular weight excluding hydrogens is 373 g/mol. The Bertz CT molecular complexity index is 831. The predicted octanol–water partition coefficient (Wildman–Crippen LogP) is 5.06. The molecule has 0 spiro atoms. The molecule has 3 rings (SSSR count). The summed E-state index contributed by atoms with van der Waals surface area (Å²) in [7, 11) is 0. The van der Waals surface area contributed by atoms with Crippen LogP contribution in [0.4, 0.5) is 5.69 Å². The molecule has 0 unspecified atom stereocenters. The minimum absolute atomic E-state index is 0.409. The van der Waals surface area contributed by atoms with E-state index < -0.39 is 18.0 Å². The van der Waals surface area contributed by atoms with E-state index in [1.165, 1.54) is 24.5 Å². The average molecular weight is 392 g/mol. The largest absolute Gasteiger partial charge is 0.449 e. The Morgan fingerprint density at radius 1 is 1.00 bits per heavy atom. The van der Waals surface area contributed by atoms with E-state index in [0.29, 0.717) is 21.3 Å². The van der Waals surface area contributed by atoms with Crippen molar-refractivity contribution in [3.05, 3.63) is 63.1 Å². The van der Waals surface area contributed by atoms with Gasteiger partial charge in [-0.2, -0.15) is 0 Å². The Balaban J connectivity index is 1.64. The molecule has 0 saturated heterocycles. The second-order valence-corrected chi connectivity index (χ2v) is 7.26. The van der Waals surface area contributed by atoms with Crippen LogP contribution in [-0.4, -0.2) is 18.0 Å². The van der Waals surface area contributed by atoms with Crippen LogP contribution in [0.1, 0.15) is 41.3 Å². The summed E-state index contributed by atoms with van der Waals surface area (Å²) in [6.07, 6.45) is 3.39. The number of esters is 1. The number of rotatable bonds is 4. The van der Waals surface area contributed by atoms with Crippen LogP contribution in [0.3, 0.4) is 0 Å². The van der Waals surface area contributed by atoms with Crippen LogP contribution >= 0.6 is 23.2 Å². The van der Waals surface area contributed by atoms with E-state index in [9.17, 15) is 9.59 Å². The standard InChI is InChI=1S/C20H19Cl2NO3/c1-12(19(24)23-18-10-16(21)9-17(22)11-18)26-20(25)15-7-6-13-4-2-3-5-14(13)8-15/h6-12H,2-5H2,1H3,(H,23,24)/t12-/m0/s1. The third-order valence-electron chi connectivity index (χ3n) is 4.37. The zero-order chi connectivity index (χ0) is 18.7. The summed E-state index contributed by atoms with van der Waals surface area (Å²) in [4.78, 5) is 24.6. The van der Waals surface area contributed by atoms with Crippen LogP contribution < -0.4 is 5.32 Å². The van der Waals surface area contributed by atoms with Crippen molar-refractivity contribution in [2.24, 2.45) is 0 Å². The lowest BCUT2D eigenvalue weighted by molar-refractivity contribution is -0.123. The molecule has 1 amide bonds. The predicted molar refractivity (Wildman–Crippen MR) is 103 cm³/mol. The Morgan fingerprint density at radius 3 is 2.35 bits per heavy atom. The fraction of sp³-hybridized carbons (Fsp3) is 0.300. The van der Waals surface area contributed by atoms with Gasteiger partial charge in [0.05, 0.1) is 5.56 Å². The molecule has 0 aromatic heterocycles. The molecule has 4 nitrogen and oxygen atoms in total. The van der Waals surface area contributed by atoms with E-state index >= 15 is 0 Å². The van der Waals surface area contributed by atoms with Crippen molar-refractivity contribution in [2.75, 3.05) is 5.32 Å². The molecule has 0 fully saturated rings. The second kappa shape index (κ2) is 8.11. The van der Waals surface area contributed by atoms with Gasteiger partial charge in [0.15, 0.2) is 6.10 Å². The maximum atomic E-state index is 12.4. The Labute approximate surface area is 162 Å². The number of nitrogens with one attached hydrogen (secondary N) is 1. The quantitative estimate of drug-likeness (QED) is 0.741. The highest BCUT2D eigenvalue weighted by Gasteiger charge is 2.20. The summed E-state index contributed by atoms with van der Waals surface area (Å²) in [6.45, 7) is 1.53. The van der Waals surface area contributed by atoms with Gasteiger partial charge in [-0.25, -0.2) is 4.79 Å². The van der Waals surface area contributed by atoms with Gasteiger partial charge in [0.25, 0.3) is 5.91 Å². The maximum Gasteiger partial charge on any atom is 0.338 e. The first-order valence-corrected chi connectivity index (χ1v) is 9.28. The van der Waals surface area contributed by atoms with E-state index in [2.05, 4.69) is 5.32 Å². The Morgan fingerprint density at radius 2 is 1.65 bits per heavy atom. The van der Waals surface area contributed by atoms with Gasteiger partial charge in [0.1, 0.15) is 0 Å². The first kappa shape index (κ1) is 18.7. The topological polar surface area (TPSA) is 55.4 Å². The van der Waals surface area contributed by atoms with Crippen molar-refractivity contribution in [2.45, 2.75) is 38.7 Å². The number of benzene rings is 2. The smallest absolute Gasteiger partial charge is 0.338 e. The van der Waals surface area contributed by atoms with Crippen LogP contribution in [0.5, 0.6) is 0 Å². The lowest BCUT2D eigenvalue weighted by Crippen LogP contribution is -2.30. The molecule has 0 bridgehead atoms. The Hall–Kier alpha value is -2.04. The van der Waals surface area contributed by atoms with Crippen LogP contribution in [-0.2, 0) is 22.4 Å². The molecule has 6 heteroatoms. The fourth-order valence-corrected chi connectivity index (χ4v) is 3.54. The first-order valence-electron chi connectivity index (χ1n) is 8.52. The molecule has 26 heavy (non-hydrogen) atoms. The van der Waals surface area contributed by atoms with Gasteiger partial charge in [0.2, 0.25) is 0 Å². The number of hydrogen-bond acceptors (Lipinski definition) is 3. The second-order valence-electron chi connectivity index (χ2n) is 6.39. The molecular formula is C20H19Cl2NO3. The van der Waals surface area contributed by atoms with Gasteiger partial charge in [-0.1, -0.05) is 29.3 Å². The van der Waals surface area contributed by atoms with E-state index in [0.717, 1.165) is 19.3 Å². The number of ether oxygens (including phenoxy) is 1. The summed E-state index contributed by atoms with van der Waals surface area (Å²) in [5.41, 5.74) is 3.40. The highest BCUT2D eigenvalue weighted by molar-refractivity contribution is 6.35. The van der Waals surface area contributed by atoms with Crippen molar-refractivity contribution < 1.29 is 14.3 Å². The number of anilines is 1. The molecule has 0 aliphatic heterocycles. The van der Waals surface area contributed by atoms with Crippen molar-refractivity contribution in [3.63, 3.8) is 0 Å². The number of halogens is 2. The van der Waals surface area contributed by atoms with E-state index in [4.69, 9.17) is 27.9 Å². The van der Waals surface area contributed by atoms with E-state index in [-0.39, 0.29) is 0 Å². The molecule has 136 valence electrons. The maximum absolute atomic E-state index is 12.4. The van der Waals surface area contributed by atoms with Crippen LogP contribution in [0.25, 0.3) is 0 Å². The highest BCUT2D eigenvalue weighted by atomic mass is 35.5. The molecule has 1 aliphatic carbocycles. The fourth-order valence-electron chi connectivity index (χ4n) is 3.01. The van der Waals surface area contributed by atoms with Gasteiger partial charge in [0, 0.05) is 15.7 Å². The Kier molecular flexibility index (Phi) is 5.84. The van der Waals surface area contributed by atoms with Gasteiger partial charge in [-0.05, 0) is 74.1 Å². The summed E-state index contributed by atoms with van der Waals surface area (Å²) >= 11 is 11.8. The monoisotopic (exact) mass is 391 g/mol. The van der Waals surface area contributed by atoms with Crippen molar-refractivity contribution in [3.8, 4) is 0 Å². The number of aryl methyl sites for hydroxylation is 2. The van der Waals surface area contributed by atoms with E-state index in [1.807, 2.05) is 12.1 Å². The number of carbonyl (C=O) groups excluding carboxylic acids is 2. The number of amides is 1. The normalized spacial score (nSPS) is 14.3. The summed E-state index contributed by atoms with van der Waals surface area (Å²) in [6, 6.07) is 10.3. The first-order chi connectivity index (χ1) is 12.4.